The number of carbonyl (C=O) groups is 3. The number of rotatable bonds is 7. The van der Waals surface area contributed by atoms with Crippen molar-refractivity contribution in [1.29, 1.82) is 0 Å². The van der Waals surface area contributed by atoms with E-state index >= 15 is 0 Å². The van der Waals surface area contributed by atoms with Crippen LogP contribution in [0.1, 0.15) is 57.6 Å². The van der Waals surface area contributed by atoms with Crippen molar-refractivity contribution in [2.45, 2.75) is 71.4 Å². The van der Waals surface area contributed by atoms with E-state index < -0.39 is 11.7 Å². The zero-order chi connectivity index (χ0) is 22.1. The maximum atomic E-state index is 12.5. The van der Waals surface area contributed by atoms with E-state index in [0.29, 0.717) is 19.5 Å². The molecule has 1 aliphatic heterocycles. The number of hydrogen-bond donors (Lipinski definition) is 2. The number of hydrogen-bond acceptors (Lipinski definition) is 4. The van der Waals surface area contributed by atoms with E-state index in [1.807, 2.05) is 11.0 Å². The van der Waals surface area contributed by atoms with E-state index in [-0.39, 0.29) is 30.8 Å². The number of aryl methyl sites for hydroxylation is 2. The lowest BCUT2D eigenvalue weighted by molar-refractivity contribution is -0.132. The molecule has 2 N–H and O–H groups in total. The van der Waals surface area contributed by atoms with Gasteiger partial charge in [0, 0.05) is 38.5 Å². The van der Waals surface area contributed by atoms with Gasteiger partial charge in [-0.15, -0.1) is 0 Å². The maximum Gasteiger partial charge on any atom is 0.407 e. The Labute approximate surface area is 179 Å². The summed E-state index contributed by atoms with van der Waals surface area (Å²) in [5, 5.41) is 5.58. The molecule has 1 saturated heterocycles. The van der Waals surface area contributed by atoms with Crippen LogP contribution in [-0.4, -0.2) is 54.1 Å². The Balaban J connectivity index is 1.62. The summed E-state index contributed by atoms with van der Waals surface area (Å²) in [4.78, 5) is 38.1. The summed E-state index contributed by atoms with van der Waals surface area (Å²) in [7, 11) is 0. The Bertz CT molecular complexity index is 734. The largest absolute Gasteiger partial charge is 0.444 e. The molecule has 0 unspecified atom stereocenters. The van der Waals surface area contributed by atoms with Crippen LogP contribution in [0.15, 0.2) is 24.3 Å². The SMILES string of the molecule is Cc1cccc(CCC(=O)N2CCC(NC(=O)CCNC(=O)OC(C)(C)C)CC2)c1. The van der Waals surface area contributed by atoms with Crippen LogP contribution in [0.25, 0.3) is 0 Å². The van der Waals surface area contributed by atoms with Gasteiger partial charge in [0.1, 0.15) is 5.60 Å². The lowest BCUT2D eigenvalue weighted by Crippen LogP contribution is -2.47. The molecule has 0 spiro atoms. The molecule has 7 nitrogen and oxygen atoms in total. The molecule has 0 radical (unpaired) electrons. The summed E-state index contributed by atoms with van der Waals surface area (Å²) in [6.07, 6.45) is 2.45. The Kier molecular flexibility index (Phi) is 8.69. The lowest BCUT2D eigenvalue weighted by atomic mass is 10.0. The molecular weight excluding hydrogens is 382 g/mol. The van der Waals surface area contributed by atoms with Crippen molar-refractivity contribution in [3.05, 3.63) is 35.4 Å². The van der Waals surface area contributed by atoms with Crippen molar-refractivity contribution < 1.29 is 19.1 Å². The summed E-state index contributed by atoms with van der Waals surface area (Å²) in [6, 6.07) is 8.32. The number of piperidine rings is 1. The minimum absolute atomic E-state index is 0.0693. The first-order chi connectivity index (χ1) is 14.1. The Morgan fingerprint density at radius 1 is 1.13 bits per heavy atom. The number of carbonyl (C=O) groups excluding carboxylic acids is 3. The van der Waals surface area contributed by atoms with E-state index in [4.69, 9.17) is 4.74 Å². The fourth-order valence-corrected chi connectivity index (χ4v) is 3.44. The summed E-state index contributed by atoms with van der Waals surface area (Å²) < 4.78 is 5.14. The third-order valence-electron chi connectivity index (χ3n) is 4.94. The predicted octanol–water partition coefficient (Wildman–Crippen LogP) is 2.95. The molecule has 1 heterocycles. The average Bonchev–Trinajstić information content (AvgIpc) is 2.65. The molecule has 166 valence electrons. The molecular formula is C23H35N3O4. The van der Waals surface area contributed by atoms with Crippen molar-refractivity contribution in [2.24, 2.45) is 0 Å². The van der Waals surface area contributed by atoms with Crippen LogP contribution in [0, 0.1) is 6.92 Å². The van der Waals surface area contributed by atoms with Gasteiger partial charge < -0.3 is 20.3 Å². The van der Waals surface area contributed by atoms with Crippen molar-refractivity contribution in [2.75, 3.05) is 19.6 Å². The molecule has 0 bridgehead atoms. The first kappa shape index (κ1) is 23.7. The molecule has 1 aromatic rings. The van der Waals surface area contributed by atoms with Crippen LogP contribution >= 0.6 is 0 Å². The van der Waals surface area contributed by atoms with E-state index in [1.54, 1.807) is 20.8 Å². The van der Waals surface area contributed by atoms with Gasteiger partial charge in [0.05, 0.1) is 0 Å². The second-order valence-electron chi connectivity index (χ2n) is 8.89. The zero-order valence-corrected chi connectivity index (χ0v) is 18.6. The monoisotopic (exact) mass is 417 g/mol. The summed E-state index contributed by atoms with van der Waals surface area (Å²) >= 11 is 0. The lowest BCUT2D eigenvalue weighted by Gasteiger charge is -2.32. The molecule has 7 heteroatoms. The number of alkyl carbamates (subject to hydrolysis) is 1. The highest BCUT2D eigenvalue weighted by Gasteiger charge is 2.23. The van der Waals surface area contributed by atoms with Crippen LogP contribution in [0.4, 0.5) is 4.79 Å². The predicted molar refractivity (Wildman–Crippen MR) is 116 cm³/mol. The van der Waals surface area contributed by atoms with Gasteiger partial charge in [-0.3, -0.25) is 9.59 Å². The van der Waals surface area contributed by atoms with Gasteiger partial charge in [-0.25, -0.2) is 4.79 Å². The van der Waals surface area contributed by atoms with E-state index in [0.717, 1.165) is 19.3 Å². The molecule has 0 atom stereocenters. The van der Waals surface area contributed by atoms with Gasteiger partial charge in [-0.05, 0) is 52.5 Å². The van der Waals surface area contributed by atoms with E-state index in [9.17, 15) is 14.4 Å². The number of nitrogens with one attached hydrogen (secondary N) is 2. The Hall–Kier alpha value is -2.57. The second-order valence-corrected chi connectivity index (χ2v) is 8.89. The quantitative estimate of drug-likeness (QED) is 0.714. The number of benzene rings is 1. The topological polar surface area (TPSA) is 87.7 Å². The minimum atomic E-state index is -0.558. The third kappa shape index (κ3) is 8.84. The first-order valence-electron chi connectivity index (χ1n) is 10.7. The molecule has 1 aromatic carbocycles. The standard InChI is InChI=1S/C23H35N3O4/c1-17-6-5-7-18(16-17)8-9-21(28)26-14-11-19(12-15-26)25-20(27)10-13-24-22(29)30-23(2,3)4/h5-7,16,19H,8-15H2,1-4H3,(H,24,29)(H,25,27). The normalized spacial score (nSPS) is 14.9. The average molecular weight is 418 g/mol. The van der Waals surface area contributed by atoms with Gasteiger partial charge in [0.15, 0.2) is 0 Å². The van der Waals surface area contributed by atoms with Gasteiger partial charge in [-0.2, -0.15) is 0 Å². The molecule has 30 heavy (non-hydrogen) atoms. The number of ether oxygens (including phenoxy) is 1. The van der Waals surface area contributed by atoms with Crippen LogP contribution in [0.5, 0.6) is 0 Å². The number of likely N-dealkylation sites (tertiary alicyclic amines) is 1. The maximum absolute atomic E-state index is 12.5. The van der Waals surface area contributed by atoms with E-state index in [2.05, 4.69) is 35.8 Å². The summed E-state index contributed by atoms with van der Waals surface area (Å²) in [5.74, 6) is 0.0677. The summed E-state index contributed by atoms with van der Waals surface area (Å²) in [6.45, 7) is 8.98. The van der Waals surface area contributed by atoms with Gasteiger partial charge in [0.2, 0.25) is 11.8 Å². The minimum Gasteiger partial charge on any atom is -0.444 e. The molecule has 2 rings (SSSR count). The fraction of sp³-hybridized carbons (Fsp3) is 0.609. The highest BCUT2D eigenvalue weighted by atomic mass is 16.6. The Morgan fingerprint density at radius 3 is 2.47 bits per heavy atom. The van der Waals surface area contributed by atoms with Crippen LogP contribution in [0.2, 0.25) is 0 Å². The smallest absolute Gasteiger partial charge is 0.407 e. The molecule has 1 aliphatic rings. The number of amides is 3. The van der Waals surface area contributed by atoms with Crippen molar-refractivity contribution in [1.82, 2.24) is 15.5 Å². The van der Waals surface area contributed by atoms with Crippen molar-refractivity contribution in [3.8, 4) is 0 Å². The Morgan fingerprint density at radius 2 is 1.83 bits per heavy atom. The van der Waals surface area contributed by atoms with Crippen molar-refractivity contribution in [3.63, 3.8) is 0 Å². The number of nitrogens with zero attached hydrogens (tertiary/aromatic N) is 1. The van der Waals surface area contributed by atoms with Crippen LogP contribution in [0.3, 0.4) is 0 Å². The molecule has 0 aromatic heterocycles. The highest BCUT2D eigenvalue weighted by Crippen LogP contribution is 2.14. The van der Waals surface area contributed by atoms with Gasteiger partial charge in [0.25, 0.3) is 0 Å². The molecule has 0 saturated carbocycles. The molecule has 1 fully saturated rings. The first-order valence-corrected chi connectivity index (χ1v) is 10.7. The molecule has 3 amide bonds. The van der Waals surface area contributed by atoms with Crippen LogP contribution < -0.4 is 10.6 Å². The van der Waals surface area contributed by atoms with Gasteiger partial charge >= 0.3 is 6.09 Å². The van der Waals surface area contributed by atoms with Crippen molar-refractivity contribution >= 4 is 17.9 Å². The second kappa shape index (κ2) is 11.0. The molecule has 0 aliphatic carbocycles. The van der Waals surface area contributed by atoms with Gasteiger partial charge in [-0.1, -0.05) is 29.8 Å². The van der Waals surface area contributed by atoms with E-state index in [1.165, 1.54) is 11.1 Å². The summed E-state index contributed by atoms with van der Waals surface area (Å²) in [5.41, 5.74) is 1.83. The van der Waals surface area contributed by atoms with Crippen LogP contribution in [-0.2, 0) is 20.7 Å². The fourth-order valence-electron chi connectivity index (χ4n) is 3.44. The highest BCUT2D eigenvalue weighted by molar-refractivity contribution is 5.78. The zero-order valence-electron chi connectivity index (χ0n) is 18.6. The third-order valence-corrected chi connectivity index (χ3v) is 4.94.